The van der Waals surface area contributed by atoms with Crippen molar-refractivity contribution in [2.45, 2.75) is 64.7 Å². The number of carbonyl (C=O) groups is 1. The zero-order valence-electron chi connectivity index (χ0n) is 14.3. The Kier molecular flexibility index (Phi) is 19.8. The van der Waals surface area contributed by atoms with E-state index in [2.05, 4.69) is 4.18 Å². The molecule has 130 valence electrons. The van der Waals surface area contributed by atoms with Crippen LogP contribution in [-0.2, 0) is 24.1 Å². The van der Waals surface area contributed by atoms with Crippen molar-refractivity contribution in [1.82, 2.24) is 0 Å². The fraction of sp³-hybridized carbons (Fsp3) is 0.800. The van der Waals surface area contributed by atoms with Gasteiger partial charge in [0.15, 0.2) is 0 Å². The Morgan fingerprint density at radius 2 is 1.35 bits per heavy atom. The molecule has 0 aromatic carbocycles. The van der Waals surface area contributed by atoms with Crippen LogP contribution in [0, 0.1) is 0 Å². The van der Waals surface area contributed by atoms with Crippen LogP contribution in [0.25, 0.3) is 0 Å². The monoisotopic (exact) mass is 374 g/mol. The van der Waals surface area contributed by atoms with Gasteiger partial charge in [-0.1, -0.05) is 51.0 Å². The molecule has 0 aliphatic carbocycles. The molecule has 0 amide bonds. The van der Waals surface area contributed by atoms with E-state index in [0.717, 1.165) is 51.4 Å². The van der Waals surface area contributed by atoms with Gasteiger partial charge in [0.25, 0.3) is 0 Å². The van der Waals surface area contributed by atoms with Crippen LogP contribution in [0.2, 0.25) is 0 Å². The van der Waals surface area contributed by atoms with Gasteiger partial charge in [-0.25, -0.2) is 13.2 Å². The van der Waals surface area contributed by atoms with E-state index >= 15 is 0 Å². The molecule has 0 atom stereocenters. The first-order valence-electron chi connectivity index (χ1n) is 7.85. The smallest absolute Gasteiger partial charge is 0.726 e. The van der Waals surface area contributed by atoms with Gasteiger partial charge in [-0.05, 0) is 19.8 Å². The van der Waals surface area contributed by atoms with Crippen LogP contribution < -0.4 is 51.4 Å². The normalized spacial score (nSPS) is 11.4. The van der Waals surface area contributed by atoms with Gasteiger partial charge in [0.2, 0.25) is 10.4 Å². The van der Waals surface area contributed by atoms with Crippen molar-refractivity contribution in [3.63, 3.8) is 0 Å². The van der Waals surface area contributed by atoms with Crippen molar-refractivity contribution in [3.8, 4) is 0 Å². The third-order valence-corrected chi connectivity index (χ3v) is 3.52. The fourth-order valence-electron chi connectivity index (χ4n) is 1.96. The molecule has 0 saturated carbocycles. The molecule has 0 heterocycles. The van der Waals surface area contributed by atoms with E-state index in [1.165, 1.54) is 6.08 Å². The predicted octanol–water partition coefficient (Wildman–Crippen LogP) is 0.0974. The van der Waals surface area contributed by atoms with Crippen LogP contribution in [0.15, 0.2) is 12.2 Å². The van der Waals surface area contributed by atoms with E-state index < -0.39 is 10.4 Å². The molecule has 0 fully saturated rings. The molecule has 0 aromatic heterocycles. The van der Waals surface area contributed by atoms with E-state index in [4.69, 9.17) is 4.74 Å². The Labute approximate surface area is 182 Å². The molecular formula is C15H27KO6S. The van der Waals surface area contributed by atoms with Crippen LogP contribution >= 0.6 is 0 Å². The number of rotatable bonds is 14. The first-order valence-corrected chi connectivity index (χ1v) is 9.18. The molecule has 8 heteroatoms. The molecule has 0 N–H and O–H groups in total. The number of hydrogen-bond acceptors (Lipinski definition) is 6. The second-order valence-electron chi connectivity index (χ2n) is 5.08. The molecule has 0 aromatic rings. The van der Waals surface area contributed by atoms with Gasteiger partial charge in [-0.3, -0.25) is 4.18 Å². The van der Waals surface area contributed by atoms with E-state index in [9.17, 15) is 17.8 Å². The number of esters is 1. The van der Waals surface area contributed by atoms with Crippen LogP contribution in [0.3, 0.4) is 0 Å². The molecule has 0 radical (unpaired) electrons. The van der Waals surface area contributed by atoms with Crippen molar-refractivity contribution in [2.24, 2.45) is 0 Å². The van der Waals surface area contributed by atoms with Crippen molar-refractivity contribution < 1.29 is 78.1 Å². The second kappa shape index (κ2) is 17.5. The largest absolute Gasteiger partial charge is 1.00 e. The Hall–Kier alpha value is 0.716. The zero-order valence-corrected chi connectivity index (χ0v) is 18.2. The summed E-state index contributed by atoms with van der Waals surface area (Å²) in [6.07, 6.45) is 12.0. The first-order chi connectivity index (χ1) is 10.5. The third kappa shape index (κ3) is 22.7. The van der Waals surface area contributed by atoms with Crippen molar-refractivity contribution in [2.75, 3.05) is 13.2 Å². The zero-order chi connectivity index (χ0) is 16.7. The summed E-state index contributed by atoms with van der Waals surface area (Å²) in [5.41, 5.74) is 0. The summed E-state index contributed by atoms with van der Waals surface area (Å²) in [5.74, 6) is -0.281. The van der Waals surface area contributed by atoms with Gasteiger partial charge < -0.3 is 9.29 Å². The summed E-state index contributed by atoms with van der Waals surface area (Å²) in [6, 6.07) is 0. The van der Waals surface area contributed by atoms with Gasteiger partial charge in [-0.2, -0.15) is 0 Å². The second-order valence-corrected chi connectivity index (χ2v) is 6.13. The molecule has 0 saturated heterocycles. The molecule has 6 nitrogen and oxygen atoms in total. The maximum Gasteiger partial charge on any atom is 1.00 e. The number of ether oxygens (including phenoxy) is 1. The summed E-state index contributed by atoms with van der Waals surface area (Å²) < 4.78 is 39.6. The summed E-state index contributed by atoms with van der Waals surface area (Å²) in [4.78, 5) is 11.0. The average molecular weight is 375 g/mol. The van der Waals surface area contributed by atoms with Gasteiger partial charge in [0.1, 0.15) is 0 Å². The average Bonchev–Trinajstić information content (AvgIpc) is 2.43. The minimum atomic E-state index is -4.53. The summed E-state index contributed by atoms with van der Waals surface area (Å²) >= 11 is 0. The van der Waals surface area contributed by atoms with Gasteiger partial charge in [0.05, 0.1) is 13.2 Å². The van der Waals surface area contributed by atoms with Gasteiger partial charge in [-0.15, -0.1) is 0 Å². The first kappa shape index (κ1) is 26.0. The number of carbonyl (C=O) groups excluding carboxylic acids is 1. The SMILES string of the molecule is C/C=C/C(=O)OCCCCCCCCCCCOS(=O)(=O)[O-].[K+]. The minimum Gasteiger partial charge on any atom is -0.726 e. The molecule has 0 rings (SSSR count). The van der Waals surface area contributed by atoms with Crippen LogP contribution in [0.4, 0.5) is 0 Å². The predicted molar refractivity (Wildman–Crippen MR) is 83.0 cm³/mol. The maximum atomic E-state index is 11.0. The van der Waals surface area contributed by atoms with E-state index in [1.807, 2.05) is 0 Å². The van der Waals surface area contributed by atoms with E-state index in [0.29, 0.717) is 13.0 Å². The topological polar surface area (TPSA) is 92.7 Å². The Balaban J connectivity index is 0. The minimum absolute atomic E-state index is 0. The standard InChI is InChI=1S/C15H28O6S.K/c1-2-12-15(16)20-13-10-8-6-4-3-5-7-9-11-14-21-22(17,18)19;/h2,12H,3-11,13-14H2,1H3,(H,17,18,19);/q;+1/p-1/b12-2+;. The number of unbranched alkanes of at least 4 members (excludes halogenated alkanes) is 8. The van der Waals surface area contributed by atoms with Crippen molar-refractivity contribution >= 4 is 16.4 Å². The maximum absolute atomic E-state index is 11.0. The number of allylic oxidation sites excluding steroid dienone is 1. The number of hydrogen-bond donors (Lipinski definition) is 0. The Morgan fingerprint density at radius 1 is 0.913 bits per heavy atom. The summed E-state index contributed by atoms with van der Waals surface area (Å²) in [5, 5.41) is 0. The van der Waals surface area contributed by atoms with Crippen LogP contribution in [0.1, 0.15) is 64.7 Å². The third-order valence-electron chi connectivity index (χ3n) is 3.06. The molecule has 0 aliphatic heterocycles. The fourth-order valence-corrected chi connectivity index (χ4v) is 2.28. The Bertz CT molecular complexity index is 408. The van der Waals surface area contributed by atoms with Crippen molar-refractivity contribution in [1.29, 1.82) is 0 Å². The van der Waals surface area contributed by atoms with Gasteiger partial charge in [0, 0.05) is 6.08 Å². The Morgan fingerprint density at radius 3 is 1.78 bits per heavy atom. The molecule has 23 heavy (non-hydrogen) atoms. The van der Waals surface area contributed by atoms with Crippen molar-refractivity contribution in [3.05, 3.63) is 12.2 Å². The molecule has 0 aliphatic rings. The van der Waals surface area contributed by atoms with E-state index in [-0.39, 0.29) is 64.0 Å². The van der Waals surface area contributed by atoms with Crippen LogP contribution in [0.5, 0.6) is 0 Å². The molecule has 0 unspecified atom stereocenters. The molecule has 0 bridgehead atoms. The summed E-state index contributed by atoms with van der Waals surface area (Å²) in [6.45, 7) is 2.24. The van der Waals surface area contributed by atoms with E-state index in [1.54, 1.807) is 13.0 Å². The summed E-state index contributed by atoms with van der Waals surface area (Å²) in [7, 11) is -4.53. The van der Waals surface area contributed by atoms with Gasteiger partial charge >= 0.3 is 57.4 Å². The molecular weight excluding hydrogens is 347 g/mol. The molecule has 0 spiro atoms. The van der Waals surface area contributed by atoms with Crippen LogP contribution in [-0.4, -0.2) is 32.2 Å². The quantitative estimate of drug-likeness (QED) is 0.107.